The molecule has 0 saturated heterocycles. The molecule has 0 aliphatic carbocycles. The van der Waals surface area contributed by atoms with Crippen molar-refractivity contribution in [2.45, 2.75) is 47.0 Å². The zero-order valence-corrected chi connectivity index (χ0v) is 25.6. The Morgan fingerprint density at radius 3 is 2.38 bits per heavy atom. The molecule has 2 amide bonds. The number of anilines is 1. The number of unbranched alkanes of at least 4 members (excludes halogenated alkanes) is 1. The third-order valence-electron chi connectivity index (χ3n) is 7.13. The number of pyridine rings is 1. The summed E-state index contributed by atoms with van der Waals surface area (Å²) in [5.41, 5.74) is 5.73. The second kappa shape index (κ2) is 13.1. The van der Waals surface area contributed by atoms with E-state index < -0.39 is 0 Å². The topological polar surface area (TPSA) is 108 Å². The molecule has 0 aliphatic rings. The molecule has 9 heteroatoms. The van der Waals surface area contributed by atoms with E-state index in [0.717, 1.165) is 58.6 Å². The maximum absolute atomic E-state index is 12.9. The molecular weight excluding hydrogens is 530 g/mol. The number of aryl methyl sites for hydroxylation is 4. The number of carbonyl (C=O) groups is 2. The summed E-state index contributed by atoms with van der Waals surface area (Å²) >= 11 is 0. The van der Waals surface area contributed by atoms with Gasteiger partial charge in [0, 0.05) is 42.8 Å². The van der Waals surface area contributed by atoms with Gasteiger partial charge in [-0.15, -0.1) is 0 Å². The summed E-state index contributed by atoms with van der Waals surface area (Å²) in [6.45, 7) is 9.22. The summed E-state index contributed by atoms with van der Waals surface area (Å²) in [6.07, 6.45) is 4.10. The number of hydrogen-bond donors (Lipinski definition) is 3. The fourth-order valence-electron chi connectivity index (χ4n) is 5.14. The molecule has 0 atom stereocenters. The average Bonchev–Trinajstić information content (AvgIpc) is 3.37. The lowest BCUT2D eigenvalue weighted by atomic mass is 10.0. The molecule has 0 aliphatic heterocycles. The number of hydrogen-bond acceptors (Lipinski definition) is 5. The molecule has 3 N–H and O–H groups in total. The minimum atomic E-state index is -0.259. The Kier molecular flexibility index (Phi) is 9.52. The Balaban J connectivity index is 1.61. The minimum absolute atomic E-state index is 0.00761. The van der Waals surface area contributed by atoms with E-state index >= 15 is 0 Å². The molecule has 4 rings (SSSR count). The van der Waals surface area contributed by atoms with E-state index in [1.807, 2.05) is 72.1 Å². The zero-order chi connectivity index (χ0) is 30.6. The summed E-state index contributed by atoms with van der Waals surface area (Å²) in [6, 6.07) is 11.5. The number of nitrogens with one attached hydrogen (secondary N) is 3. The van der Waals surface area contributed by atoms with Gasteiger partial charge in [-0.2, -0.15) is 0 Å². The fraction of sp³-hybridized carbons (Fsp3) is 0.364. The van der Waals surface area contributed by atoms with Crippen LogP contribution < -0.4 is 20.9 Å². The zero-order valence-electron chi connectivity index (χ0n) is 25.6. The van der Waals surface area contributed by atoms with Crippen LogP contribution in [0.5, 0.6) is 11.5 Å². The van der Waals surface area contributed by atoms with Gasteiger partial charge in [-0.25, -0.2) is 0 Å². The number of aromatic amines is 1. The molecule has 0 unspecified atom stereocenters. The van der Waals surface area contributed by atoms with Crippen molar-refractivity contribution in [3.63, 3.8) is 0 Å². The van der Waals surface area contributed by atoms with Gasteiger partial charge in [0.25, 0.3) is 11.5 Å². The van der Waals surface area contributed by atoms with Crippen LogP contribution in [0.2, 0.25) is 0 Å². The molecule has 4 aromatic rings. The van der Waals surface area contributed by atoms with E-state index in [1.165, 1.54) is 4.57 Å². The van der Waals surface area contributed by atoms with Crippen LogP contribution in [0.4, 0.5) is 5.69 Å². The predicted molar refractivity (Wildman–Crippen MR) is 169 cm³/mol. The van der Waals surface area contributed by atoms with Gasteiger partial charge in [0.1, 0.15) is 22.7 Å². The Labute approximate surface area is 246 Å². The second-order valence-corrected chi connectivity index (χ2v) is 11.2. The Morgan fingerprint density at radius 1 is 1.00 bits per heavy atom. The molecule has 42 heavy (non-hydrogen) atoms. The third kappa shape index (κ3) is 7.09. The van der Waals surface area contributed by atoms with Crippen molar-refractivity contribution in [2.24, 2.45) is 7.05 Å². The van der Waals surface area contributed by atoms with Crippen LogP contribution in [-0.4, -0.2) is 53.5 Å². The van der Waals surface area contributed by atoms with Crippen LogP contribution in [0.25, 0.3) is 22.0 Å². The molecule has 0 saturated carbocycles. The summed E-state index contributed by atoms with van der Waals surface area (Å²) in [5, 5.41) is 6.47. The normalized spacial score (nSPS) is 11.2. The summed E-state index contributed by atoms with van der Waals surface area (Å²) in [7, 11) is 5.76. The molecule has 2 heterocycles. The van der Waals surface area contributed by atoms with Crippen LogP contribution in [0.1, 0.15) is 53.4 Å². The third-order valence-corrected chi connectivity index (χ3v) is 7.13. The molecule has 0 fully saturated rings. The largest absolute Gasteiger partial charge is 0.457 e. The van der Waals surface area contributed by atoms with Crippen molar-refractivity contribution in [3.8, 4) is 22.6 Å². The van der Waals surface area contributed by atoms with Crippen molar-refractivity contribution < 1.29 is 14.3 Å². The van der Waals surface area contributed by atoms with Gasteiger partial charge in [-0.1, -0.05) is 6.07 Å². The van der Waals surface area contributed by atoms with Crippen LogP contribution in [0.15, 0.2) is 47.4 Å². The number of ether oxygens (including phenoxy) is 1. The van der Waals surface area contributed by atoms with Crippen LogP contribution >= 0.6 is 0 Å². The van der Waals surface area contributed by atoms with Gasteiger partial charge in [0.2, 0.25) is 5.91 Å². The monoisotopic (exact) mass is 571 g/mol. The number of amides is 2. The second-order valence-electron chi connectivity index (χ2n) is 11.2. The first-order valence-corrected chi connectivity index (χ1v) is 14.3. The number of carbonyl (C=O) groups excluding carboxylic acids is 2. The molecule has 0 bridgehead atoms. The minimum Gasteiger partial charge on any atom is -0.457 e. The Hall–Kier alpha value is -4.37. The lowest BCUT2D eigenvalue weighted by Gasteiger charge is -2.16. The molecule has 0 radical (unpaired) electrons. The van der Waals surface area contributed by atoms with E-state index in [0.29, 0.717) is 35.3 Å². The van der Waals surface area contributed by atoms with Gasteiger partial charge in [-0.05, 0) is 114 Å². The van der Waals surface area contributed by atoms with Gasteiger partial charge in [-0.3, -0.25) is 14.4 Å². The van der Waals surface area contributed by atoms with E-state index in [-0.39, 0.29) is 17.4 Å². The SMILES string of the molecule is CCNC(=O)c1cc2c(-c3cc(C)cc(Oc4c(C)cc(NC(=O)CCCCN(C)C)cc4C)c3)cn(C)c(=O)c2[nH]1. The van der Waals surface area contributed by atoms with E-state index in [9.17, 15) is 14.4 Å². The van der Waals surface area contributed by atoms with Gasteiger partial charge in [0.15, 0.2) is 0 Å². The first-order valence-electron chi connectivity index (χ1n) is 14.3. The summed E-state index contributed by atoms with van der Waals surface area (Å²) < 4.78 is 7.94. The number of H-pyrrole nitrogens is 1. The highest BCUT2D eigenvalue weighted by Gasteiger charge is 2.17. The highest BCUT2D eigenvalue weighted by molar-refractivity contribution is 6.02. The molecule has 222 valence electrons. The molecule has 2 aromatic carbocycles. The quantitative estimate of drug-likeness (QED) is 0.201. The standard InChI is InChI=1S/C33H41N5O4/c1-8-34-32(40)28-18-26-27(19-38(7)33(41)30(26)36-28)23-13-20(2)14-25(17-23)42-31-21(3)15-24(16-22(31)4)35-29(39)11-9-10-12-37(5)6/h13-19,36H,8-12H2,1-7H3,(H,34,40)(H,35,39). The van der Waals surface area contributed by atoms with Gasteiger partial charge < -0.3 is 29.8 Å². The first kappa shape index (κ1) is 30.6. The average molecular weight is 572 g/mol. The molecule has 2 aromatic heterocycles. The van der Waals surface area contributed by atoms with Crippen molar-refractivity contribution in [1.82, 2.24) is 19.8 Å². The lowest BCUT2D eigenvalue weighted by molar-refractivity contribution is -0.116. The lowest BCUT2D eigenvalue weighted by Crippen LogP contribution is -2.23. The molecular formula is C33H41N5O4. The van der Waals surface area contributed by atoms with Crippen molar-refractivity contribution in [1.29, 1.82) is 0 Å². The van der Waals surface area contributed by atoms with E-state index in [4.69, 9.17) is 4.74 Å². The van der Waals surface area contributed by atoms with Gasteiger partial charge in [0.05, 0.1) is 0 Å². The van der Waals surface area contributed by atoms with Crippen LogP contribution in [-0.2, 0) is 11.8 Å². The summed E-state index contributed by atoms with van der Waals surface area (Å²) in [4.78, 5) is 43.0. The number of rotatable bonds is 11. The Bertz CT molecular complexity index is 1660. The number of fused-ring (bicyclic) bond motifs is 1. The van der Waals surface area contributed by atoms with Crippen molar-refractivity contribution >= 4 is 28.4 Å². The molecule has 0 spiro atoms. The predicted octanol–water partition coefficient (Wildman–Crippen LogP) is 5.67. The van der Waals surface area contributed by atoms with E-state index in [1.54, 1.807) is 19.3 Å². The smallest absolute Gasteiger partial charge is 0.274 e. The maximum atomic E-state index is 12.9. The summed E-state index contributed by atoms with van der Waals surface area (Å²) in [5.74, 6) is 1.12. The van der Waals surface area contributed by atoms with E-state index in [2.05, 4.69) is 20.5 Å². The fourth-order valence-corrected chi connectivity index (χ4v) is 5.14. The first-order chi connectivity index (χ1) is 20.0. The molecule has 9 nitrogen and oxygen atoms in total. The Morgan fingerprint density at radius 2 is 1.71 bits per heavy atom. The van der Waals surface area contributed by atoms with Gasteiger partial charge >= 0.3 is 0 Å². The number of nitrogens with zero attached hydrogens (tertiary/aromatic N) is 2. The number of benzene rings is 2. The highest BCUT2D eigenvalue weighted by Crippen LogP contribution is 2.36. The van der Waals surface area contributed by atoms with Crippen LogP contribution in [0.3, 0.4) is 0 Å². The maximum Gasteiger partial charge on any atom is 0.274 e. The van der Waals surface area contributed by atoms with Crippen molar-refractivity contribution in [2.75, 3.05) is 32.5 Å². The van der Waals surface area contributed by atoms with Crippen LogP contribution in [0, 0.1) is 20.8 Å². The highest BCUT2D eigenvalue weighted by atomic mass is 16.5. The number of aromatic nitrogens is 2. The van der Waals surface area contributed by atoms with Crippen molar-refractivity contribution in [3.05, 3.63) is 75.3 Å².